The molecular weight excluding hydrogens is 262 g/mol. The summed E-state index contributed by atoms with van der Waals surface area (Å²) in [5.74, 6) is 4.71. The number of ether oxygens (including phenoxy) is 2. The predicted octanol–water partition coefficient (Wildman–Crippen LogP) is 3.37. The minimum absolute atomic E-state index is 0.598. The first-order valence-electron chi connectivity index (χ1n) is 8.42. The van der Waals surface area contributed by atoms with Crippen molar-refractivity contribution in [1.29, 1.82) is 0 Å². The maximum atomic E-state index is 5.80. The summed E-state index contributed by atoms with van der Waals surface area (Å²) in [4.78, 5) is 0. The van der Waals surface area contributed by atoms with Crippen LogP contribution in [-0.4, -0.2) is 19.3 Å². The van der Waals surface area contributed by atoms with Crippen molar-refractivity contribution in [1.82, 2.24) is 5.32 Å². The van der Waals surface area contributed by atoms with Crippen LogP contribution < -0.4 is 14.8 Å². The lowest BCUT2D eigenvalue weighted by molar-refractivity contribution is 0.169. The maximum absolute atomic E-state index is 5.80. The first kappa shape index (κ1) is 13.4. The largest absolute Gasteiger partial charge is 0.486 e. The van der Waals surface area contributed by atoms with E-state index in [1.54, 1.807) is 0 Å². The van der Waals surface area contributed by atoms with Crippen LogP contribution in [0.5, 0.6) is 11.5 Å². The Morgan fingerprint density at radius 1 is 1.19 bits per heavy atom. The molecule has 4 rings (SSSR count). The molecule has 4 atom stereocenters. The van der Waals surface area contributed by atoms with Crippen LogP contribution in [0.4, 0.5) is 0 Å². The van der Waals surface area contributed by atoms with Gasteiger partial charge in [0.1, 0.15) is 13.2 Å². The molecule has 0 aromatic heterocycles. The molecule has 2 aliphatic carbocycles. The number of nitrogens with one attached hydrogen (secondary N) is 1. The summed E-state index contributed by atoms with van der Waals surface area (Å²) in [6, 6.07) is 6.80. The van der Waals surface area contributed by atoms with Gasteiger partial charge < -0.3 is 14.8 Å². The molecule has 1 aromatic carbocycles. The normalized spacial score (nSPS) is 31.4. The van der Waals surface area contributed by atoms with Crippen molar-refractivity contribution < 1.29 is 9.47 Å². The van der Waals surface area contributed by atoms with E-state index >= 15 is 0 Å². The molecule has 0 spiro atoms. The zero-order valence-corrected chi connectivity index (χ0v) is 12.8. The number of para-hydroxylation sites is 1. The number of benzene rings is 1. The van der Waals surface area contributed by atoms with Crippen LogP contribution in [0, 0.1) is 17.8 Å². The molecule has 2 bridgehead atoms. The van der Waals surface area contributed by atoms with E-state index < -0.39 is 0 Å². The van der Waals surface area contributed by atoms with Gasteiger partial charge in [0.2, 0.25) is 0 Å². The second kappa shape index (κ2) is 5.53. The lowest BCUT2D eigenvalue weighted by Crippen LogP contribution is -2.36. The Bertz CT molecular complexity index is 516. The van der Waals surface area contributed by atoms with E-state index in [9.17, 15) is 0 Å². The molecule has 0 saturated heterocycles. The van der Waals surface area contributed by atoms with Crippen LogP contribution >= 0.6 is 0 Å². The van der Waals surface area contributed by atoms with Gasteiger partial charge in [0.05, 0.1) is 0 Å². The van der Waals surface area contributed by atoms with Gasteiger partial charge in [-0.05, 0) is 50.0 Å². The highest BCUT2D eigenvalue weighted by Gasteiger charge is 2.41. The predicted molar refractivity (Wildman–Crippen MR) is 82.7 cm³/mol. The van der Waals surface area contributed by atoms with Crippen molar-refractivity contribution in [2.24, 2.45) is 17.8 Å². The summed E-state index contributed by atoms with van der Waals surface area (Å²) < 4.78 is 11.5. The van der Waals surface area contributed by atoms with E-state index in [4.69, 9.17) is 9.47 Å². The van der Waals surface area contributed by atoms with Crippen molar-refractivity contribution in [2.45, 2.75) is 45.2 Å². The van der Waals surface area contributed by atoms with Crippen LogP contribution in [0.1, 0.15) is 38.2 Å². The zero-order valence-electron chi connectivity index (χ0n) is 12.8. The highest BCUT2D eigenvalue weighted by Crippen LogP contribution is 2.49. The van der Waals surface area contributed by atoms with Gasteiger partial charge in [0, 0.05) is 18.2 Å². The Hall–Kier alpha value is -1.22. The zero-order chi connectivity index (χ0) is 14.2. The Labute approximate surface area is 127 Å². The van der Waals surface area contributed by atoms with Gasteiger partial charge in [-0.1, -0.05) is 18.6 Å². The Morgan fingerprint density at radius 2 is 2.10 bits per heavy atom. The van der Waals surface area contributed by atoms with Gasteiger partial charge in [-0.25, -0.2) is 0 Å². The SMILES string of the molecule is CC(NCc1cccc2c1OCCO2)C1CC2CCC1C2. The second-order valence-corrected chi connectivity index (χ2v) is 6.95. The molecule has 0 amide bonds. The van der Waals surface area contributed by atoms with Crippen molar-refractivity contribution in [2.75, 3.05) is 13.2 Å². The van der Waals surface area contributed by atoms with Gasteiger partial charge in [-0.3, -0.25) is 0 Å². The van der Waals surface area contributed by atoms with Gasteiger partial charge >= 0.3 is 0 Å². The molecule has 2 saturated carbocycles. The van der Waals surface area contributed by atoms with E-state index in [-0.39, 0.29) is 0 Å². The van der Waals surface area contributed by atoms with Crippen LogP contribution in [0.15, 0.2) is 18.2 Å². The molecule has 0 radical (unpaired) electrons. The molecular formula is C18H25NO2. The highest BCUT2D eigenvalue weighted by atomic mass is 16.6. The number of fused-ring (bicyclic) bond motifs is 3. The van der Waals surface area contributed by atoms with Crippen LogP contribution in [0.2, 0.25) is 0 Å². The summed E-state index contributed by atoms with van der Waals surface area (Å²) in [5, 5.41) is 3.74. The summed E-state index contributed by atoms with van der Waals surface area (Å²) in [6.07, 6.45) is 5.85. The van der Waals surface area contributed by atoms with E-state index in [0.29, 0.717) is 19.3 Å². The van der Waals surface area contributed by atoms with E-state index in [0.717, 1.165) is 35.8 Å². The van der Waals surface area contributed by atoms with Gasteiger partial charge in [-0.2, -0.15) is 0 Å². The summed E-state index contributed by atoms with van der Waals surface area (Å²) in [6.45, 7) is 4.55. The molecule has 1 aromatic rings. The molecule has 114 valence electrons. The first-order chi connectivity index (χ1) is 10.3. The van der Waals surface area contributed by atoms with E-state index in [1.165, 1.54) is 31.2 Å². The number of hydrogen-bond donors (Lipinski definition) is 1. The topological polar surface area (TPSA) is 30.5 Å². The third-order valence-electron chi connectivity index (χ3n) is 5.70. The fourth-order valence-electron chi connectivity index (χ4n) is 4.60. The summed E-state index contributed by atoms with van der Waals surface area (Å²) in [5.41, 5.74) is 1.22. The quantitative estimate of drug-likeness (QED) is 0.921. The molecule has 1 N–H and O–H groups in total. The minimum Gasteiger partial charge on any atom is -0.486 e. The summed E-state index contributed by atoms with van der Waals surface area (Å²) in [7, 11) is 0. The van der Waals surface area contributed by atoms with Crippen LogP contribution in [0.3, 0.4) is 0 Å². The average molecular weight is 287 g/mol. The van der Waals surface area contributed by atoms with Crippen LogP contribution in [-0.2, 0) is 6.54 Å². The lowest BCUT2D eigenvalue weighted by atomic mass is 9.84. The maximum Gasteiger partial charge on any atom is 0.165 e. The lowest BCUT2D eigenvalue weighted by Gasteiger charge is -2.29. The third kappa shape index (κ3) is 2.52. The Balaban J connectivity index is 1.40. The molecule has 21 heavy (non-hydrogen) atoms. The van der Waals surface area contributed by atoms with Gasteiger partial charge in [0.15, 0.2) is 11.5 Å². The minimum atomic E-state index is 0.598. The fourth-order valence-corrected chi connectivity index (χ4v) is 4.60. The van der Waals surface area contributed by atoms with Crippen molar-refractivity contribution in [3.05, 3.63) is 23.8 Å². The molecule has 1 aliphatic heterocycles. The molecule has 3 heteroatoms. The van der Waals surface area contributed by atoms with Crippen molar-refractivity contribution in [3.8, 4) is 11.5 Å². The number of rotatable bonds is 4. The van der Waals surface area contributed by atoms with E-state index in [1.807, 2.05) is 6.07 Å². The molecule has 3 aliphatic rings. The Kier molecular flexibility index (Phi) is 3.54. The Morgan fingerprint density at radius 3 is 2.90 bits per heavy atom. The van der Waals surface area contributed by atoms with Gasteiger partial charge in [0.25, 0.3) is 0 Å². The second-order valence-electron chi connectivity index (χ2n) is 6.95. The van der Waals surface area contributed by atoms with Crippen LogP contribution in [0.25, 0.3) is 0 Å². The molecule has 1 heterocycles. The third-order valence-corrected chi connectivity index (χ3v) is 5.70. The summed E-state index contributed by atoms with van der Waals surface area (Å²) >= 11 is 0. The smallest absolute Gasteiger partial charge is 0.165 e. The highest BCUT2D eigenvalue weighted by molar-refractivity contribution is 5.47. The molecule has 3 nitrogen and oxygen atoms in total. The fraction of sp³-hybridized carbons (Fsp3) is 0.667. The first-order valence-corrected chi connectivity index (χ1v) is 8.42. The average Bonchev–Trinajstić information content (AvgIpc) is 3.15. The molecule has 2 fully saturated rings. The number of hydrogen-bond acceptors (Lipinski definition) is 3. The van der Waals surface area contributed by atoms with Crippen molar-refractivity contribution >= 4 is 0 Å². The standard InChI is InChI=1S/C18H25NO2/c1-12(16-10-13-5-6-14(16)9-13)19-11-15-3-2-4-17-18(15)21-8-7-20-17/h2-4,12-14,16,19H,5-11H2,1H3. The molecule has 4 unspecified atom stereocenters. The van der Waals surface area contributed by atoms with E-state index in [2.05, 4.69) is 24.4 Å². The monoisotopic (exact) mass is 287 g/mol. The van der Waals surface area contributed by atoms with Gasteiger partial charge in [-0.15, -0.1) is 0 Å². The van der Waals surface area contributed by atoms with Crippen molar-refractivity contribution in [3.63, 3.8) is 0 Å².